The van der Waals surface area contributed by atoms with Gasteiger partial charge in [-0.1, -0.05) is 0 Å². The largest absolute Gasteiger partial charge is 0.471 e. The maximum absolute atomic E-state index is 12.0. The van der Waals surface area contributed by atoms with Crippen LogP contribution in [-0.4, -0.2) is 94.3 Å². The van der Waals surface area contributed by atoms with Crippen LogP contribution in [0.2, 0.25) is 0 Å². The molecule has 0 bridgehead atoms. The second-order valence-electron chi connectivity index (χ2n) is 7.32. The first-order valence-corrected chi connectivity index (χ1v) is 10.5. The Balaban J connectivity index is 1.54. The molecule has 166 valence electrons. The number of hydrogen-bond donors (Lipinski definition) is 4. The molecule has 0 aromatic rings. The molecular weight excluding hydrogens is 424 g/mol. The fraction of sp³-hybridized carbons (Fsp3) is 0.667. The number of aliphatic hydroxyl groups is 4. The molecule has 0 amide bonds. The minimum absolute atomic E-state index is 0.0694. The van der Waals surface area contributed by atoms with Gasteiger partial charge in [-0.05, 0) is 29.7 Å². The Bertz CT molecular complexity index is 765. The van der Waals surface area contributed by atoms with E-state index in [0.29, 0.717) is 11.1 Å². The summed E-state index contributed by atoms with van der Waals surface area (Å²) < 4.78 is 27.2. The summed E-state index contributed by atoms with van der Waals surface area (Å²) in [6, 6.07) is 0. The molecule has 2 fully saturated rings. The van der Waals surface area contributed by atoms with E-state index in [-0.39, 0.29) is 6.61 Å². The van der Waals surface area contributed by atoms with Gasteiger partial charge in [0.05, 0.1) is 24.4 Å². The molecule has 11 nitrogen and oxygen atoms in total. The van der Waals surface area contributed by atoms with Gasteiger partial charge in [-0.15, -0.1) is 0 Å². The fourth-order valence-electron chi connectivity index (χ4n) is 4.14. The summed E-state index contributed by atoms with van der Waals surface area (Å²) in [7, 11) is 0. The van der Waals surface area contributed by atoms with Crippen molar-refractivity contribution in [3.63, 3.8) is 0 Å². The highest BCUT2D eigenvalue weighted by molar-refractivity contribution is 8.12. The Morgan fingerprint density at radius 1 is 1.17 bits per heavy atom. The van der Waals surface area contributed by atoms with Crippen LogP contribution >= 0.6 is 11.8 Å². The summed E-state index contributed by atoms with van der Waals surface area (Å²) in [5.74, 6) is -1.52. The van der Waals surface area contributed by atoms with Crippen molar-refractivity contribution in [3.8, 4) is 0 Å². The predicted molar refractivity (Wildman–Crippen MR) is 97.6 cm³/mol. The van der Waals surface area contributed by atoms with Gasteiger partial charge in [0.2, 0.25) is 6.29 Å². The molecule has 3 heterocycles. The lowest BCUT2D eigenvalue weighted by molar-refractivity contribution is -0.339. The molecular formula is C18H22O11S. The molecule has 4 aliphatic rings. The van der Waals surface area contributed by atoms with E-state index in [0.717, 1.165) is 11.8 Å². The predicted octanol–water partition coefficient (Wildman–Crippen LogP) is -1.36. The summed E-state index contributed by atoms with van der Waals surface area (Å²) in [6.45, 7) is -0.674. The molecule has 0 aromatic carbocycles. The number of ether oxygens (including phenoxy) is 5. The molecule has 0 radical (unpaired) electrons. The van der Waals surface area contributed by atoms with Gasteiger partial charge >= 0.3 is 11.3 Å². The van der Waals surface area contributed by atoms with E-state index < -0.39 is 72.8 Å². The number of aliphatic hydroxyl groups excluding tert-OH is 4. The van der Waals surface area contributed by atoms with Gasteiger partial charge in [0.1, 0.15) is 37.1 Å². The Kier molecular flexibility index (Phi) is 6.08. The Hall–Kier alpha value is -1.67. The first-order valence-electron chi connectivity index (χ1n) is 9.29. The Morgan fingerprint density at radius 3 is 2.63 bits per heavy atom. The van der Waals surface area contributed by atoms with Crippen LogP contribution in [0.3, 0.4) is 0 Å². The van der Waals surface area contributed by atoms with E-state index in [4.69, 9.17) is 23.7 Å². The van der Waals surface area contributed by atoms with Crippen molar-refractivity contribution in [2.24, 2.45) is 11.8 Å². The normalized spacial score (nSPS) is 42.0. The second kappa shape index (κ2) is 8.46. The standard InChI is InChI=1S/C18H22O11S/c1-30-18(24)26-4-6-2-8-11-7(15(23)27-8)5-25-16(10(6)11)29-17-14(22)13(21)12(20)9(3-19)28-17/h2,5,8-14,16-17,19-22H,3-4H2,1H3/t8?,9-,10+,11-,12-,13+,14-,16-,17+/m1/s1. The van der Waals surface area contributed by atoms with Crippen LogP contribution in [0.15, 0.2) is 23.5 Å². The third kappa shape index (κ3) is 3.62. The van der Waals surface area contributed by atoms with Crippen LogP contribution in [0, 0.1) is 11.8 Å². The van der Waals surface area contributed by atoms with Gasteiger partial charge in [0, 0.05) is 5.92 Å². The van der Waals surface area contributed by atoms with Crippen molar-refractivity contribution in [2.75, 3.05) is 19.5 Å². The molecule has 30 heavy (non-hydrogen) atoms. The second-order valence-corrected chi connectivity index (χ2v) is 8.06. The highest BCUT2D eigenvalue weighted by atomic mass is 32.2. The first kappa shape index (κ1) is 21.6. The average Bonchev–Trinajstić information content (AvgIpc) is 3.26. The van der Waals surface area contributed by atoms with Gasteiger partial charge in [-0.2, -0.15) is 0 Å². The zero-order valence-corrected chi connectivity index (χ0v) is 16.6. The Labute approximate surface area is 175 Å². The van der Waals surface area contributed by atoms with Crippen molar-refractivity contribution >= 4 is 23.0 Å². The lowest BCUT2D eigenvalue weighted by Crippen LogP contribution is -2.60. The molecule has 2 saturated heterocycles. The molecule has 3 aliphatic heterocycles. The highest BCUT2D eigenvalue weighted by Gasteiger charge is 2.56. The minimum atomic E-state index is -1.61. The smallest absolute Gasteiger partial charge is 0.367 e. The van der Waals surface area contributed by atoms with Crippen molar-refractivity contribution < 1.29 is 53.7 Å². The summed E-state index contributed by atoms with van der Waals surface area (Å²) in [5.41, 5.74) is 0.932. The number of carbonyl (C=O) groups is 2. The summed E-state index contributed by atoms with van der Waals surface area (Å²) >= 11 is 0.910. The van der Waals surface area contributed by atoms with Gasteiger partial charge < -0.3 is 44.1 Å². The van der Waals surface area contributed by atoms with Crippen LogP contribution in [0.1, 0.15) is 0 Å². The lowest BCUT2D eigenvalue weighted by Gasteiger charge is -2.42. The van der Waals surface area contributed by atoms with Gasteiger partial charge in [-0.25, -0.2) is 9.59 Å². The van der Waals surface area contributed by atoms with E-state index in [1.54, 1.807) is 12.3 Å². The lowest BCUT2D eigenvalue weighted by atomic mass is 9.84. The van der Waals surface area contributed by atoms with E-state index in [2.05, 4.69) is 0 Å². The van der Waals surface area contributed by atoms with Crippen molar-refractivity contribution in [1.82, 2.24) is 0 Å². The SMILES string of the molecule is CSC(=O)OCC1=CC2OC(=O)C3=CO[C@H](O[C@@H]4O[C@H](CO)[C@@H](O)[C@H](O)[C@H]4O)[C@@H]1[C@H]32. The Morgan fingerprint density at radius 2 is 1.93 bits per heavy atom. The van der Waals surface area contributed by atoms with Crippen LogP contribution in [0.4, 0.5) is 4.79 Å². The first-order chi connectivity index (χ1) is 14.3. The summed E-state index contributed by atoms with van der Waals surface area (Å²) in [6.07, 6.45) is -4.47. The number of thioether (sulfide) groups is 1. The minimum Gasteiger partial charge on any atom is -0.471 e. The molecule has 1 unspecified atom stereocenters. The molecule has 4 N–H and O–H groups in total. The quantitative estimate of drug-likeness (QED) is 0.290. The van der Waals surface area contributed by atoms with E-state index >= 15 is 0 Å². The van der Waals surface area contributed by atoms with E-state index in [1.165, 1.54) is 6.26 Å². The molecule has 0 aromatic heterocycles. The number of carbonyl (C=O) groups excluding carboxylic acids is 2. The third-order valence-corrected chi connectivity index (χ3v) is 6.10. The summed E-state index contributed by atoms with van der Waals surface area (Å²) in [5, 5.41) is 39.0. The van der Waals surface area contributed by atoms with Crippen molar-refractivity contribution in [2.45, 2.75) is 43.1 Å². The van der Waals surface area contributed by atoms with Gasteiger partial charge in [0.15, 0.2) is 6.29 Å². The molecule has 1 aliphatic carbocycles. The van der Waals surface area contributed by atoms with E-state index in [1.807, 2.05) is 0 Å². The van der Waals surface area contributed by atoms with E-state index in [9.17, 15) is 30.0 Å². The summed E-state index contributed by atoms with van der Waals surface area (Å²) in [4.78, 5) is 23.6. The zero-order chi connectivity index (χ0) is 21.6. The topological polar surface area (TPSA) is 161 Å². The zero-order valence-electron chi connectivity index (χ0n) is 15.8. The van der Waals surface area contributed by atoms with Crippen molar-refractivity contribution in [3.05, 3.63) is 23.5 Å². The van der Waals surface area contributed by atoms with Crippen LogP contribution < -0.4 is 0 Å². The van der Waals surface area contributed by atoms with Crippen molar-refractivity contribution in [1.29, 1.82) is 0 Å². The van der Waals surface area contributed by atoms with Crippen LogP contribution in [0.5, 0.6) is 0 Å². The molecule has 12 heteroatoms. The maximum atomic E-state index is 12.0. The maximum Gasteiger partial charge on any atom is 0.367 e. The number of hydrogen-bond acceptors (Lipinski definition) is 12. The van der Waals surface area contributed by atoms with Crippen LogP contribution in [0.25, 0.3) is 0 Å². The number of rotatable bonds is 5. The monoisotopic (exact) mass is 446 g/mol. The highest BCUT2D eigenvalue weighted by Crippen LogP contribution is 2.49. The fourth-order valence-corrected chi connectivity index (χ4v) is 4.31. The number of esters is 1. The van der Waals surface area contributed by atoms with Crippen LogP contribution in [-0.2, 0) is 28.5 Å². The molecule has 4 rings (SSSR count). The molecule has 9 atom stereocenters. The van der Waals surface area contributed by atoms with Gasteiger partial charge in [-0.3, -0.25) is 0 Å². The molecule has 0 spiro atoms. The third-order valence-electron chi connectivity index (χ3n) is 5.65. The molecule has 0 saturated carbocycles. The average molecular weight is 446 g/mol. The van der Waals surface area contributed by atoms with Gasteiger partial charge in [0.25, 0.3) is 0 Å².